The number of hydrogen-bond donors (Lipinski definition) is 1. The van der Waals surface area contributed by atoms with Crippen LogP contribution in [0.3, 0.4) is 0 Å². The zero-order valence-electron chi connectivity index (χ0n) is 10.2. The number of benzene rings is 1. The zero-order valence-corrected chi connectivity index (χ0v) is 10.2. The summed E-state index contributed by atoms with van der Waals surface area (Å²) < 4.78 is 15.4. The molecule has 1 aliphatic heterocycles. The minimum Gasteiger partial charge on any atom is -0.465 e. The molecule has 0 aromatic heterocycles. The van der Waals surface area contributed by atoms with E-state index in [9.17, 15) is 9.90 Å². The van der Waals surface area contributed by atoms with E-state index < -0.39 is 0 Å². The molecule has 0 saturated carbocycles. The molecule has 5 nitrogen and oxygen atoms in total. The van der Waals surface area contributed by atoms with Crippen LogP contribution in [-0.4, -0.2) is 31.1 Å². The van der Waals surface area contributed by atoms with Gasteiger partial charge in [0.2, 0.25) is 6.79 Å². The fourth-order valence-electron chi connectivity index (χ4n) is 1.81. The zero-order chi connectivity index (χ0) is 13.0. The molecule has 0 amide bonds. The molecule has 1 heterocycles. The molecule has 0 spiro atoms. The van der Waals surface area contributed by atoms with E-state index in [0.717, 1.165) is 17.1 Å². The van der Waals surface area contributed by atoms with Crippen LogP contribution in [0.1, 0.15) is 12.5 Å². The lowest BCUT2D eigenvalue weighted by atomic mass is 10.0. The summed E-state index contributed by atoms with van der Waals surface area (Å²) in [5, 5.41) is 9.25. The van der Waals surface area contributed by atoms with E-state index in [1.54, 1.807) is 0 Å². The van der Waals surface area contributed by atoms with Gasteiger partial charge in [0.15, 0.2) is 11.5 Å². The Kier molecular flexibility index (Phi) is 4.04. The number of rotatable bonds is 5. The number of carbonyl (C=O) groups excluding carboxylic acids is 1. The maximum absolute atomic E-state index is 10.7. The molecule has 0 saturated heterocycles. The lowest BCUT2D eigenvalue weighted by Gasteiger charge is -2.14. The normalized spacial score (nSPS) is 14.3. The number of fused-ring (bicyclic) bond motifs is 1. The van der Waals surface area contributed by atoms with Gasteiger partial charge in [-0.1, -0.05) is 6.07 Å². The summed E-state index contributed by atoms with van der Waals surface area (Å²) in [6, 6.07) is 5.65. The highest BCUT2D eigenvalue weighted by Crippen LogP contribution is 2.33. The van der Waals surface area contributed by atoms with Gasteiger partial charge in [0.1, 0.15) is 0 Å². The lowest BCUT2D eigenvalue weighted by molar-refractivity contribution is -0.142. The highest BCUT2D eigenvalue weighted by Gasteiger charge is 2.16. The first-order valence-electron chi connectivity index (χ1n) is 5.82. The van der Waals surface area contributed by atoms with Crippen LogP contribution in [0.5, 0.6) is 11.5 Å². The summed E-state index contributed by atoms with van der Waals surface area (Å²) in [6.07, 6.45) is 0.625. The van der Waals surface area contributed by atoms with Gasteiger partial charge in [-0.2, -0.15) is 0 Å². The van der Waals surface area contributed by atoms with E-state index in [0.29, 0.717) is 6.42 Å². The van der Waals surface area contributed by atoms with Gasteiger partial charge in [-0.15, -0.1) is 0 Å². The minimum absolute atomic E-state index is 0.0261. The van der Waals surface area contributed by atoms with Crippen LogP contribution in [0.15, 0.2) is 18.2 Å². The van der Waals surface area contributed by atoms with E-state index in [1.165, 1.54) is 6.92 Å². The van der Waals surface area contributed by atoms with Crippen molar-refractivity contribution in [3.05, 3.63) is 23.8 Å². The predicted octanol–water partition coefficient (Wildman–Crippen LogP) is 1.13. The first-order chi connectivity index (χ1) is 8.69. The minimum atomic E-state index is -0.334. The van der Waals surface area contributed by atoms with Crippen LogP contribution >= 0.6 is 0 Å². The Bertz CT molecular complexity index is 429. The Hall–Kier alpha value is -1.75. The van der Waals surface area contributed by atoms with E-state index in [1.807, 2.05) is 18.2 Å². The summed E-state index contributed by atoms with van der Waals surface area (Å²) in [4.78, 5) is 10.7. The molecule has 1 aromatic carbocycles. The van der Waals surface area contributed by atoms with Crippen molar-refractivity contribution >= 4 is 5.97 Å². The lowest BCUT2D eigenvalue weighted by Crippen LogP contribution is -2.18. The molecule has 1 atom stereocenters. The molecular weight excluding hydrogens is 236 g/mol. The van der Waals surface area contributed by atoms with Crippen LogP contribution in [0, 0.1) is 5.92 Å². The first kappa shape index (κ1) is 12.7. The highest BCUT2D eigenvalue weighted by atomic mass is 16.7. The van der Waals surface area contributed by atoms with E-state index in [2.05, 4.69) is 0 Å². The van der Waals surface area contributed by atoms with Crippen molar-refractivity contribution in [1.29, 1.82) is 0 Å². The van der Waals surface area contributed by atoms with Gasteiger partial charge in [-0.3, -0.25) is 4.79 Å². The maximum Gasteiger partial charge on any atom is 0.302 e. The largest absolute Gasteiger partial charge is 0.465 e. The number of ether oxygens (including phenoxy) is 3. The molecular formula is C13H16O5. The second kappa shape index (κ2) is 5.73. The average molecular weight is 252 g/mol. The molecule has 1 aromatic rings. The molecule has 18 heavy (non-hydrogen) atoms. The maximum atomic E-state index is 10.7. The molecule has 5 heteroatoms. The molecule has 1 aliphatic rings. The van der Waals surface area contributed by atoms with E-state index in [4.69, 9.17) is 14.2 Å². The van der Waals surface area contributed by atoms with Crippen molar-refractivity contribution in [2.24, 2.45) is 5.92 Å². The molecule has 0 radical (unpaired) electrons. The number of carbonyl (C=O) groups is 1. The van der Waals surface area contributed by atoms with Crippen LogP contribution in [0.2, 0.25) is 0 Å². The third-order valence-corrected chi connectivity index (χ3v) is 2.74. The Morgan fingerprint density at radius 3 is 2.94 bits per heavy atom. The number of hydrogen-bond acceptors (Lipinski definition) is 5. The van der Waals surface area contributed by atoms with Gasteiger partial charge in [-0.05, 0) is 24.1 Å². The third kappa shape index (κ3) is 3.13. The van der Waals surface area contributed by atoms with Gasteiger partial charge in [0, 0.05) is 19.4 Å². The first-order valence-corrected chi connectivity index (χ1v) is 5.82. The summed E-state index contributed by atoms with van der Waals surface area (Å²) in [5.41, 5.74) is 1.02. The van der Waals surface area contributed by atoms with Crippen molar-refractivity contribution in [3.8, 4) is 11.5 Å². The van der Waals surface area contributed by atoms with Gasteiger partial charge < -0.3 is 19.3 Å². The van der Waals surface area contributed by atoms with Crippen LogP contribution in [-0.2, 0) is 16.0 Å². The quantitative estimate of drug-likeness (QED) is 0.796. The molecule has 2 rings (SSSR count). The second-order valence-corrected chi connectivity index (χ2v) is 4.24. The molecule has 0 bridgehead atoms. The van der Waals surface area contributed by atoms with Crippen molar-refractivity contribution in [3.63, 3.8) is 0 Å². The number of aliphatic hydroxyl groups is 1. The topological polar surface area (TPSA) is 65.0 Å². The number of aliphatic hydroxyl groups excluding tert-OH is 1. The Balaban J connectivity index is 1.96. The van der Waals surface area contributed by atoms with Crippen molar-refractivity contribution in [1.82, 2.24) is 0 Å². The van der Waals surface area contributed by atoms with E-state index in [-0.39, 0.29) is 31.9 Å². The summed E-state index contributed by atoms with van der Waals surface area (Å²) >= 11 is 0. The molecule has 98 valence electrons. The monoisotopic (exact) mass is 252 g/mol. The van der Waals surface area contributed by atoms with Gasteiger partial charge in [0.25, 0.3) is 0 Å². The van der Waals surface area contributed by atoms with E-state index >= 15 is 0 Å². The Morgan fingerprint density at radius 1 is 1.44 bits per heavy atom. The van der Waals surface area contributed by atoms with Crippen LogP contribution < -0.4 is 9.47 Å². The van der Waals surface area contributed by atoms with Crippen LogP contribution in [0.25, 0.3) is 0 Å². The molecule has 0 aliphatic carbocycles. The van der Waals surface area contributed by atoms with Crippen molar-refractivity contribution < 1.29 is 24.1 Å². The summed E-state index contributed by atoms with van der Waals surface area (Å²) in [6.45, 7) is 1.80. The van der Waals surface area contributed by atoms with Crippen LogP contribution in [0.4, 0.5) is 0 Å². The SMILES string of the molecule is CC(=O)OCC(CO)Cc1ccc2c(c1)OCO2. The molecule has 1 N–H and O–H groups in total. The average Bonchev–Trinajstić information content (AvgIpc) is 2.81. The number of esters is 1. The van der Waals surface area contributed by atoms with Crippen molar-refractivity contribution in [2.75, 3.05) is 20.0 Å². The highest BCUT2D eigenvalue weighted by molar-refractivity contribution is 5.65. The standard InChI is InChI=1S/C13H16O5/c1-9(15)16-7-11(6-14)4-10-2-3-12-13(5-10)18-8-17-12/h2-3,5,11,14H,4,6-8H2,1H3. The molecule has 0 fully saturated rings. The van der Waals surface area contributed by atoms with Crippen molar-refractivity contribution in [2.45, 2.75) is 13.3 Å². The third-order valence-electron chi connectivity index (χ3n) is 2.74. The Morgan fingerprint density at radius 2 is 2.22 bits per heavy atom. The predicted molar refractivity (Wildman–Crippen MR) is 63.5 cm³/mol. The Labute approximate surface area is 105 Å². The fraction of sp³-hybridized carbons (Fsp3) is 0.462. The molecule has 1 unspecified atom stereocenters. The van der Waals surface area contributed by atoms with Gasteiger partial charge in [-0.25, -0.2) is 0 Å². The smallest absolute Gasteiger partial charge is 0.302 e. The second-order valence-electron chi connectivity index (χ2n) is 4.24. The van der Waals surface area contributed by atoms with Gasteiger partial charge in [0.05, 0.1) is 6.61 Å². The summed E-state index contributed by atoms with van der Waals surface area (Å²) in [7, 11) is 0. The van der Waals surface area contributed by atoms with Gasteiger partial charge >= 0.3 is 5.97 Å². The fourth-order valence-corrected chi connectivity index (χ4v) is 1.81. The summed E-state index contributed by atoms with van der Waals surface area (Å²) in [5.74, 6) is 1.02.